The summed E-state index contributed by atoms with van der Waals surface area (Å²) in [5.41, 5.74) is 2.88. The molecule has 5 nitrogen and oxygen atoms in total. The molecule has 0 radical (unpaired) electrons. The standard InChI is InChI=1S/C20H19NO4/c1-4-25-12-18-16-10-9-15(24-3)11-17(16)19(22)21(20(18)23)14-7-5-13(2)6-8-14/h5-12H,4H2,1-3H3/b18-12+. The van der Waals surface area contributed by atoms with Gasteiger partial charge in [-0.3, -0.25) is 9.59 Å². The fraction of sp³-hybridized carbons (Fsp3) is 0.200. The van der Waals surface area contributed by atoms with Crippen molar-refractivity contribution in [2.45, 2.75) is 13.8 Å². The van der Waals surface area contributed by atoms with Crippen LogP contribution >= 0.6 is 0 Å². The predicted octanol–water partition coefficient (Wildman–Crippen LogP) is 3.57. The molecule has 0 atom stereocenters. The number of rotatable bonds is 4. The number of carbonyl (C=O) groups is 2. The van der Waals surface area contributed by atoms with Crippen molar-refractivity contribution in [2.75, 3.05) is 18.6 Å². The van der Waals surface area contributed by atoms with Gasteiger partial charge in [0.15, 0.2) is 0 Å². The Bertz CT molecular complexity index is 852. The van der Waals surface area contributed by atoms with Gasteiger partial charge in [0.2, 0.25) is 0 Å². The second-order valence-corrected chi connectivity index (χ2v) is 5.68. The Hall–Kier alpha value is -3.08. The van der Waals surface area contributed by atoms with E-state index in [0.717, 1.165) is 5.56 Å². The number of aryl methyl sites for hydroxylation is 1. The summed E-state index contributed by atoms with van der Waals surface area (Å²) in [7, 11) is 1.54. The number of anilines is 1. The highest BCUT2D eigenvalue weighted by Gasteiger charge is 2.36. The van der Waals surface area contributed by atoms with Gasteiger partial charge < -0.3 is 9.47 Å². The van der Waals surface area contributed by atoms with Crippen molar-refractivity contribution in [1.82, 2.24) is 0 Å². The molecule has 0 saturated heterocycles. The topological polar surface area (TPSA) is 55.8 Å². The summed E-state index contributed by atoms with van der Waals surface area (Å²) in [5, 5.41) is 0. The van der Waals surface area contributed by atoms with Crippen molar-refractivity contribution >= 4 is 23.1 Å². The summed E-state index contributed by atoms with van der Waals surface area (Å²) >= 11 is 0. The van der Waals surface area contributed by atoms with Crippen molar-refractivity contribution in [3.8, 4) is 5.75 Å². The summed E-state index contributed by atoms with van der Waals surface area (Å²) in [6, 6.07) is 12.3. The lowest BCUT2D eigenvalue weighted by Crippen LogP contribution is -2.42. The molecule has 0 saturated carbocycles. The van der Waals surface area contributed by atoms with E-state index in [-0.39, 0.29) is 5.91 Å². The van der Waals surface area contributed by atoms with Crippen molar-refractivity contribution < 1.29 is 19.1 Å². The fourth-order valence-corrected chi connectivity index (χ4v) is 2.72. The van der Waals surface area contributed by atoms with Crippen molar-refractivity contribution in [1.29, 1.82) is 0 Å². The normalized spacial score (nSPS) is 15.3. The molecule has 0 spiro atoms. The Morgan fingerprint density at radius 3 is 2.36 bits per heavy atom. The number of benzene rings is 2. The number of imide groups is 1. The van der Waals surface area contributed by atoms with E-state index in [0.29, 0.717) is 34.7 Å². The van der Waals surface area contributed by atoms with Gasteiger partial charge in [0.1, 0.15) is 5.75 Å². The molecule has 128 valence electrons. The van der Waals surface area contributed by atoms with E-state index >= 15 is 0 Å². The molecule has 1 aliphatic heterocycles. The highest BCUT2D eigenvalue weighted by molar-refractivity contribution is 6.41. The average Bonchev–Trinajstić information content (AvgIpc) is 2.63. The minimum atomic E-state index is -0.403. The number of nitrogens with zero attached hydrogens (tertiary/aromatic N) is 1. The first kappa shape index (κ1) is 16.8. The lowest BCUT2D eigenvalue weighted by molar-refractivity contribution is -0.113. The molecule has 0 unspecified atom stereocenters. The number of methoxy groups -OCH3 is 1. The van der Waals surface area contributed by atoms with Gasteiger partial charge in [0.05, 0.1) is 36.8 Å². The highest BCUT2D eigenvalue weighted by atomic mass is 16.5. The number of amides is 2. The van der Waals surface area contributed by atoms with Crippen LogP contribution in [-0.2, 0) is 9.53 Å². The van der Waals surface area contributed by atoms with Gasteiger partial charge in [-0.05, 0) is 44.2 Å². The van der Waals surface area contributed by atoms with Crippen molar-refractivity contribution in [2.24, 2.45) is 0 Å². The van der Waals surface area contributed by atoms with Gasteiger partial charge in [0.25, 0.3) is 11.8 Å². The van der Waals surface area contributed by atoms with Gasteiger partial charge in [-0.15, -0.1) is 0 Å². The Balaban J connectivity index is 2.17. The average molecular weight is 337 g/mol. The molecule has 1 aliphatic rings. The Kier molecular flexibility index (Phi) is 4.57. The molecule has 5 heteroatoms. The number of hydrogen-bond acceptors (Lipinski definition) is 4. The summed E-state index contributed by atoms with van der Waals surface area (Å²) < 4.78 is 10.6. The number of hydrogen-bond donors (Lipinski definition) is 0. The molecule has 3 rings (SSSR count). The van der Waals surface area contributed by atoms with Crippen molar-refractivity contribution in [3.05, 3.63) is 65.4 Å². The monoisotopic (exact) mass is 337 g/mol. The molecule has 0 N–H and O–H groups in total. The van der Waals surface area contributed by atoms with Gasteiger partial charge >= 0.3 is 0 Å². The number of ether oxygens (including phenoxy) is 2. The highest BCUT2D eigenvalue weighted by Crippen LogP contribution is 2.34. The largest absolute Gasteiger partial charge is 0.501 e. The summed E-state index contributed by atoms with van der Waals surface area (Å²) in [5.74, 6) is -0.225. The quantitative estimate of drug-likeness (QED) is 0.486. The molecule has 25 heavy (non-hydrogen) atoms. The van der Waals surface area contributed by atoms with Crippen LogP contribution in [0.15, 0.2) is 48.7 Å². The van der Waals surface area contributed by atoms with Crippen LogP contribution in [0.25, 0.3) is 5.57 Å². The van der Waals surface area contributed by atoms with Crippen LogP contribution in [-0.4, -0.2) is 25.5 Å². The van der Waals surface area contributed by atoms with Crippen LogP contribution in [0.4, 0.5) is 5.69 Å². The predicted molar refractivity (Wildman–Crippen MR) is 95.6 cm³/mol. The smallest absolute Gasteiger partial charge is 0.269 e. The lowest BCUT2D eigenvalue weighted by Gasteiger charge is -2.28. The Morgan fingerprint density at radius 2 is 1.72 bits per heavy atom. The summed E-state index contributed by atoms with van der Waals surface area (Å²) in [4.78, 5) is 27.1. The molecule has 0 bridgehead atoms. The molecule has 0 aromatic heterocycles. The molecule has 0 fully saturated rings. The molecular formula is C20H19NO4. The maximum atomic E-state index is 13.0. The summed E-state index contributed by atoms with van der Waals surface area (Å²) in [6.07, 6.45) is 1.42. The van der Waals surface area contributed by atoms with Gasteiger partial charge in [-0.2, -0.15) is 0 Å². The second kappa shape index (κ2) is 6.81. The molecular weight excluding hydrogens is 318 g/mol. The van der Waals surface area contributed by atoms with E-state index in [9.17, 15) is 9.59 Å². The van der Waals surface area contributed by atoms with Crippen LogP contribution < -0.4 is 9.64 Å². The molecule has 1 heterocycles. The Labute approximate surface area is 146 Å². The third-order valence-electron chi connectivity index (χ3n) is 4.04. The van der Waals surface area contributed by atoms with E-state index in [1.807, 2.05) is 26.0 Å². The van der Waals surface area contributed by atoms with E-state index in [2.05, 4.69) is 0 Å². The minimum Gasteiger partial charge on any atom is -0.501 e. The number of carbonyl (C=O) groups excluding carboxylic acids is 2. The summed E-state index contributed by atoms with van der Waals surface area (Å²) in [6.45, 7) is 4.22. The van der Waals surface area contributed by atoms with Crippen LogP contribution in [0.1, 0.15) is 28.4 Å². The zero-order chi connectivity index (χ0) is 18.0. The third kappa shape index (κ3) is 3.01. The minimum absolute atomic E-state index is 0.347. The van der Waals surface area contributed by atoms with Crippen LogP contribution in [0.2, 0.25) is 0 Å². The maximum Gasteiger partial charge on any atom is 0.269 e. The zero-order valence-corrected chi connectivity index (χ0v) is 14.4. The molecule has 2 amide bonds. The molecule has 0 aliphatic carbocycles. The molecule has 2 aromatic carbocycles. The van der Waals surface area contributed by atoms with E-state index in [4.69, 9.17) is 9.47 Å². The fourth-order valence-electron chi connectivity index (χ4n) is 2.72. The van der Waals surface area contributed by atoms with Crippen LogP contribution in [0.5, 0.6) is 5.75 Å². The SMILES string of the molecule is CCO/C=C1/C(=O)N(c2ccc(C)cc2)C(=O)c2cc(OC)ccc21. The first-order valence-corrected chi connectivity index (χ1v) is 8.02. The van der Waals surface area contributed by atoms with Crippen LogP contribution in [0, 0.1) is 6.92 Å². The van der Waals surface area contributed by atoms with Gasteiger partial charge in [-0.25, -0.2) is 4.90 Å². The molecule has 2 aromatic rings. The first-order valence-electron chi connectivity index (χ1n) is 8.02. The van der Waals surface area contributed by atoms with E-state index < -0.39 is 5.91 Å². The van der Waals surface area contributed by atoms with E-state index in [1.54, 1.807) is 30.3 Å². The van der Waals surface area contributed by atoms with Crippen molar-refractivity contribution in [3.63, 3.8) is 0 Å². The maximum absolute atomic E-state index is 13.0. The first-order chi connectivity index (χ1) is 12.1. The van der Waals surface area contributed by atoms with E-state index in [1.165, 1.54) is 18.3 Å². The zero-order valence-electron chi connectivity index (χ0n) is 14.4. The van der Waals surface area contributed by atoms with Gasteiger partial charge in [0, 0.05) is 5.56 Å². The second-order valence-electron chi connectivity index (χ2n) is 5.68. The van der Waals surface area contributed by atoms with Gasteiger partial charge in [-0.1, -0.05) is 17.7 Å². The number of fused-ring (bicyclic) bond motifs is 1. The lowest BCUT2D eigenvalue weighted by atomic mass is 9.93. The Morgan fingerprint density at radius 1 is 1.00 bits per heavy atom. The van der Waals surface area contributed by atoms with Crippen LogP contribution in [0.3, 0.4) is 0 Å². The third-order valence-corrected chi connectivity index (χ3v) is 4.04.